The number of nitrogens with two attached hydrogens (primary N) is 1. The number of pyridine rings is 1. The number of aromatic nitrogens is 1. The number of aryl methyl sites for hydroxylation is 1. The second kappa shape index (κ2) is 4.61. The molecule has 2 rings (SSSR count). The van der Waals surface area contributed by atoms with Gasteiger partial charge in [-0.15, -0.1) is 0 Å². The zero-order chi connectivity index (χ0) is 12.4. The van der Waals surface area contributed by atoms with Crippen LogP contribution in [-0.4, -0.2) is 29.6 Å². The summed E-state index contributed by atoms with van der Waals surface area (Å²) in [4.78, 5) is 6.56. The minimum atomic E-state index is 0.107. The molecule has 0 bridgehead atoms. The minimum absolute atomic E-state index is 0.107. The number of nitrogens with zero attached hydrogens (tertiary/aromatic N) is 3. The number of oxime groups is 1. The quantitative estimate of drug-likeness (QED) is 0.357. The molecule has 0 aromatic carbocycles. The molecule has 92 valence electrons. The number of hydrogen-bond acceptors (Lipinski definition) is 4. The molecule has 5 nitrogen and oxygen atoms in total. The normalized spacial score (nSPS) is 16.0. The number of anilines is 1. The molecule has 1 heterocycles. The minimum Gasteiger partial charge on any atom is -0.409 e. The zero-order valence-corrected chi connectivity index (χ0v) is 10.2. The third-order valence-corrected chi connectivity index (χ3v) is 2.99. The van der Waals surface area contributed by atoms with Crippen molar-refractivity contribution in [2.75, 3.05) is 18.5 Å². The predicted molar refractivity (Wildman–Crippen MR) is 67.5 cm³/mol. The largest absolute Gasteiger partial charge is 0.409 e. The Hall–Kier alpha value is -1.78. The van der Waals surface area contributed by atoms with Crippen LogP contribution < -0.4 is 10.6 Å². The van der Waals surface area contributed by atoms with Gasteiger partial charge in [0.2, 0.25) is 0 Å². The fourth-order valence-corrected chi connectivity index (χ4v) is 1.86. The van der Waals surface area contributed by atoms with E-state index in [1.54, 1.807) is 0 Å². The van der Waals surface area contributed by atoms with E-state index < -0.39 is 0 Å². The van der Waals surface area contributed by atoms with Crippen LogP contribution in [0.2, 0.25) is 0 Å². The Kier molecular flexibility index (Phi) is 3.17. The maximum absolute atomic E-state index is 8.77. The molecule has 1 saturated carbocycles. The first kappa shape index (κ1) is 11.7. The first-order chi connectivity index (χ1) is 8.11. The van der Waals surface area contributed by atoms with Crippen molar-refractivity contribution in [3.63, 3.8) is 0 Å². The standard InChI is InChI=1S/C12H18N4O/c1-8-3-6-10(11(13)15-17)12(14-8)16(2)7-9-4-5-9/h3,6,9,17H,4-5,7H2,1-2H3,(H2,13,15). The first-order valence-electron chi connectivity index (χ1n) is 5.78. The van der Waals surface area contributed by atoms with Crippen LogP contribution in [0, 0.1) is 12.8 Å². The Bertz CT molecular complexity index is 440. The second-order valence-electron chi connectivity index (χ2n) is 4.63. The lowest BCUT2D eigenvalue weighted by Gasteiger charge is -2.21. The van der Waals surface area contributed by atoms with E-state index in [4.69, 9.17) is 10.9 Å². The lowest BCUT2D eigenvalue weighted by atomic mass is 10.2. The van der Waals surface area contributed by atoms with Gasteiger partial charge in [0.25, 0.3) is 0 Å². The summed E-state index contributed by atoms with van der Waals surface area (Å²) in [5.74, 6) is 1.66. The van der Waals surface area contributed by atoms with Crippen LogP contribution in [0.5, 0.6) is 0 Å². The average molecular weight is 234 g/mol. The molecule has 1 aromatic rings. The molecular formula is C12H18N4O. The lowest BCUT2D eigenvalue weighted by molar-refractivity contribution is 0.318. The van der Waals surface area contributed by atoms with Gasteiger partial charge < -0.3 is 15.8 Å². The van der Waals surface area contributed by atoms with Gasteiger partial charge in [0.05, 0.1) is 5.56 Å². The summed E-state index contributed by atoms with van der Waals surface area (Å²) in [7, 11) is 1.99. The molecule has 1 fully saturated rings. The molecular weight excluding hydrogens is 216 g/mol. The van der Waals surface area contributed by atoms with Gasteiger partial charge in [-0.25, -0.2) is 4.98 Å². The van der Waals surface area contributed by atoms with Gasteiger partial charge in [0.1, 0.15) is 5.82 Å². The molecule has 0 aliphatic heterocycles. The van der Waals surface area contributed by atoms with Gasteiger partial charge in [-0.2, -0.15) is 0 Å². The molecule has 1 aromatic heterocycles. The Morgan fingerprint density at radius 1 is 1.59 bits per heavy atom. The van der Waals surface area contributed by atoms with Crippen molar-refractivity contribution in [3.05, 3.63) is 23.4 Å². The van der Waals surface area contributed by atoms with Crippen molar-refractivity contribution >= 4 is 11.7 Å². The topological polar surface area (TPSA) is 74.7 Å². The van der Waals surface area contributed by atoms with E-state index in [1.165, 1.54) is 12.8 Å². The fraction of sp³-hybridized carbons (Fsp3) is 0.500. The van der Waals surface area contributed by atoms with Gasteiger partial charge >= 0.3 is 0 Å². The molecule has 17 heavy (non-hydrogen) atoms. The van der Waals surface area contributed by atoms with Crippen LogP contribution >= 0.6 is 0 Å². The molecule has 0 amide bonds. The van der Waals surface area contributed by atoms with Crippen molar-refractivity contribution in [3.8, 4) is 0 Å². The molecule has 0 radical (unpaired) electrons. The first-order valence-corrected chi connectivity index (χ1v) is 5.78. The van der Waals surface area contributed by atoms with Crippen molar-refractivity contribution in [1.82, 2.24) is 4.98 Å². The summed E-state index contributed by atoms with van der Waals surface area (Å²) < 4.78 is 0. The van der Waals surface area contributed by atoms with Crippen LogP contribution in [0.4, 0.5) is 5.82 Å². The maximum Gasteiger partial charge on any atom is 0.173 e. The SMILES string of the molecule is Cc1ccc(C(N)=NO)c(N(C)CC2CC2)n1. The fourth-order valence-electron chi connectivity index (χ4n) is 1.86. The highest BCUT2D eigenvalue weighted by molar-refractivity contribution is 6.01. The van der Waals surface area contributed by atoms with E-state index in [1.807, 2.05) is 26.1 Å². The van der Waals surface area contributed by atoms with Crippen LogP contribution in [0.1, 0.15) is 24.1 Å². The van der Waals surface area contributed by atoms with E-state index in [2.05, 4.69) is 15.0 Å². The summed E-state index contributed by atoms with van der Waals surface area (Å²) in [6.45, 7) is 2.91. The van der Waals surface area contributed by atoms with Gasteiger partial charge in [0, 0.05) is 19.3 Å². The predicted octanol–water partition coefficient (Wildman–Crippen LogP) is 1.33. The summed E-state index contributed by atoms with van der Waals surface area (Å²) in [6.07, 6.45) is 2.57. The molecule has 5 heteroatoms. The van der Waals surface area contributed by atoms with Crippen molar-refractivity contribution in [2.24, 2.45) is 16.8 Å². The monoisotopic (exact) mass is 234 g/mol. The summed E-state index contributed by atoms with van der Waals surface area (Å²) in [5, 5.41) is 11.8. The van der Waals surface area contributed by atoms with E-state index in [9.17, 15) is 0 Å². The molecule has 1 aliphatic rings. The molecule has 0 unspecified atom stereocenters. The summed E-state index contributed by atoms with van der Waals surface area (Å²) >= 11 is 0. The number of amidine groups is 1. The smallest absolute Gasteiger partial charge is 0.173 e. The Morgan fingerprint density at radius 3 is 2.88 bits per heavy atom. The highest BCUT2D eigenvalue weighted by Crippen LogP contribution is 2.31. The molecule has 0 atom stereocenters. The van der Waals surface area contributed by atoms with E-state index in [-0.39, 0.29) is 5.84 Å². The highest BCUT2D eigenvalue weighted by Gasteiger charge is 2.24. The summed E-state index contributed by atoms with van der Waals surface area (Å²) in [5.41, 5.74) is 7.27. The van der Waals surface area contributed by atoms with E-state index in [0.717, 1.165) is 24.0 Å². The van der Waals surface area contributed by atoms with Crippen LogP contribution in [-0.2, 0) is 0 Å². The Labute approximate surface area is 101 Å². The number of rotatable bonds is 4. The third kappa shape index (κ3) is 2.67. The Balaban J connectivity index is 2.31. The second-order valence-corrected chi connectivity index (χ2v) is 4.63. The van der Waals surface area contributed by atoms with Crippen LogP contribution in [0.25, 0.3) is 0 Å². The van der Waals surface area contributed by atoms with E-state index >= 15 is 0 Å². The van der Waals surface area contributed by atoms with Gasteiger partial charge in [-0.3, -0.25) is 0 Å². The third-order valence-electron chi connectivity index (χ3n) is 2.99. The van der Waals surface area contributed by atoms with Crippen molar-refractivity contribution in [1.29, 1.82) is 0 Å². The molecule has 0 saturated heterocycles. The van der Waals surface area contributed by atoms with Gasteiger partial charge in [0.15, 0.2) is 5.84 Å². The van der Waals surface area contributed by atoms with Crippen molar-refractivity contribution in [2.45, 2.75) is 19.8 Å². The summed E-state index contributed by atoms with van der Waals surface area (Å²) in [6, 6.07) is 3.71. The molecule has 0 spiro atoms. The highest BCUT2D eigenvalue weighted by atomic mass is 16.4. The average Bonchev–Trinajstić information content (AvgIpc) is 3.11. The van der Waals surface area contributed by atoms with Crippen molar-refractivity contribution < 1.29 is 5.21 Å². The lowest BCUT2D eigenvalue weighted by Crippen LogP contribution is -2.26. The van der Waals surface area contributed by atoms with Crippen LogP contribution in [0.15, 0.2) is 17.3 Å². The van der Waals surface area contributed by atoms with Crippen LogP contribution in [0.3, 0.4) is 0 Å². The Morgan fingerprint density at radius 2 is 2.29 bits per heavy atom. The maximum atomic E-state index is 8.77. The van der Waals surface area contributed by atoms with E-state index in [0.29, 0.717) is 5.56 Å². The molecule has 3 N–H and O–H groups in total. The molecule has 1 aliphatic carbocycles. The number of hydrogen-bond donors (Lipinski definition) is 2. The zero-order valence-electron chi connectivity index (χ0n) is 10.2. The van der Waals surface area contributed by atoms with Gasteiger partial charge in [-0.1, -0.05) is 5.16 Å². The van der Waals surface area contributed by atoms with Gasteiger partial charge in [-0.05, 0) is 37.8 Å².